The molecule has 0 radical (unpaired) electrons. The van der Waals surface area contributed by atoms with E-state index in [4.69, 9.17) is 27.9 Å². The van der Waals surface area contributed by atoms with Crippen molar-refractivity contribution in [1.29, 1.82) is 0 Å². The van der Waals surface area contributed by atoms with Crippen molar-refractivity contribution >= 4 is 35.1 Å². The molecule has 1 atom stereocenters. The van der Waals surface area contributed by atoms with Gasteiger partial charge in [0.2, 0.25) is 0 Å². The molecular formula is C18H16Cl2N2O3. The molecule has 0 spiro atoms. The molecule has 1 aromatic carbocycles. The molecule has 1 aliphatic rings. The second-order valence-corrected chi connectivity index (χ2v) is 6.55. The van der Waals surface area contributed by atoms with Gasteiger partial charge in [-0.1, -0.05) is 47.5 Å². The van der Waals surface area contributed by atoms with Crippen LogP contribution in [0, 0.1) is 0 Å². The first-order valence-corrected chi connectivity index (χ1v) is 8.65. The molecule has 0 bridgehead atoms. The van der Waals surface area contributed by atoms with Gasteiger partial charge in [0.05, 0.1) is 16.6 Å². The second-order valence-electron chi connectivity index (χ2n) is 5.78. The van der Waals surface area contributed by atoms with Gasteiger partial charge in [-0.15, -0.1) is 0 Å². The highest BCUT2D eigenvalue weighted by molar-refractivity contribution is 6.41. The summed E-state index contributed by atoms with van der Waals surface area (Å²) in [5.74, 6) is -1.02. The number of nitrogens with zero attached hydrogens (tertiary/aromatic N) is 1. The Kier molecular flexibility index (Phi) is 5.56. The maximum absolute atomic E-state index is 12.1. The van der Waals surface area contributed by atoms with Crippen LogP contribution in [0.2, 0.25) is 10.2 Å². The SMILES string of the molecule is O=C(COC(=O)c1cnc(Cl)c(Cl)c1)N[C@@H]1CCCc2ccccc21. The Morgan fingerprint density at radius 1 is 1.28 bits per heavy atom. The van der Waals surface area contributed by atoms with E-state index in [2.05, 4.69) is 16.4 Å². The smallest absolute Gasteiger partial charge is 0.340 e. The maximum Gasteiger partial charge on any atom is 0.340 e. The van der Waals surface area contributed by atoms with Gasteiger partial charge >= 0.3 is 5.97 Å². The number of carbonyl (C=O) groups is 2. The molecule has 1 amide bonds. The highest BCUT2D eigenvalue weighted by Crippen LogP contribution is 2.29. The Labute approximate surface area is 155 Å². The highest BCUT2D eigenvalue weighted by Gasteiger charge is 2.22. The van der Waals surface area contributed by atoms with Gasteiger partial charge in [-0.2, -0.15) is 0 Å². The van der Waals surface area contributed by atoms with E-state index in [9.17, 15) is 9.59 Å². The zero-order valence-corrected chi connectivity index (χ0v) is 14.8. The number of amides is 1. The van der Waals surface area contributed by atoms with Crippen molar-refractivity contribution < 1.29 is 14.3 Å². The van der Waals surface area contributed by atoms with Crippen LogP contribution in [0.5, 0.6) is 0 Å². The molecule has 1 heterocycles. The summed E-state index contributed by atoms with van der Waals surface area (Å²) < 4.78 is 5.02. The van der Waals surface area contributed by atoms with Crippen LogP contribution < -0.4 is 5.32 Å². The lowest BCUT2D eigenvalue weighted by molar-refractivity contribution is -0.125. The highest BCUT2D eigenvalue weighted by atomic mass is 35.5. The topological polar surface area (TPSA) is 68.3 Å². The van der Waals surface area contributed by atoms with Crippen LogP contribution in [0.3, 0.4) is 0 Å². The minimum atomic E-state index is -0.676. The Morgan fingerprint density at radius 3 is 2.88 bits per heavy atom. The van der Waals surface area contributed by atoms with Gasteiger partial charge in [-0.3, -0.25) is 4.79 Å². The molecule has 1 aliphatic carbocycles. The van der Waals surface area contributed by atoms with Crippen LogP contribution in [0.25, 0.3) is 0 Å². The monoisotopic (exact) mass is 378 g/mol. The van der Waals surface area contributed by atoms with Crippen molar-refractivity contribution in [2.45, 2.75) is 25.3 Å². The summed E-state index contributed by atoms with van der Waals surface area (Å²) in [7, 11) is 0. The van der Waals surface area contributed by atoms with Crippen molar-refractivity contribution in [2.24, 2.45) is 0 Å². The molecule has 0 unspecified atom stereocenters. The van der Waals surface area contributed by atoms with Gasteiger partial charge < -0.3 is 10.1 Å². The Bertz CT molecular complexity index is 811. The number of benzene rings is 1. The number of fused-ring (bicyclic) bond motifs is 1. The number of hydrogen-bond donors (Lipinski definition) is 1. The average molecular weight is 379 g/mol. The number of esters is 1. The number of ether oxygens (including phenoxy) is 1. The lowest BCUT2D eigenvalue weighted by atomic mass is 9.88. The Hall–Kier alpha value is -2.11. The number of nitrogens with one attached hydrogen (secondary N) is 1. The molecule has 0 fully saturated rings. The Morgan fingerprint density at radius 2 is 2.08 bits per heavy atom. The fourth-order valence-electron chi connectivity index (χ4n) is 2.89. The summed E-state index contributed by atoms with van der Waals surface area (Å²) in [6.45, 7) is -0.363. The first kappa shape index (κ1) is 17.7. The molecule has 1 N–H and O–H groups in total. The van der Waals surface area contributed by atoms with E-state index < -0.39 is 5.97 Å². The van der Waals surface area contributed by atoms with Crippen molar-refractivity contribution in [1.82, 2.24) is 10.3 Å². The quantitative estimate of drug-likeness (QED) is 0.649. The van der Waals surface area contributed by atoms with Crippen molar-refractivity contribution in [3.63, 3.8) is 0 Å². The van der Waals surface area contributed by atoms with E-state index in [-0.39, 0.29) is 34.3 Å². The molecule has 0 saturated carbocycles. The lowest BCUT2D eigenvalue weighted by Crippen LogP contribution is -2.34. The maximum atomic E-state index is 12.1. The van der Waals surface area contributed by atoms with Gasteiger partial charge in [-0.25, -0.2) is 9.78 Å². The summed E-state index contributed by atoms with van der Waals surface area (Å²) in [4.78, 5) is 27.9. The third-order valence-corrected chi connectivity index (χ3v) is 4.76. The van der Waals surface area contributed by atoms with E-state index in [0.29, 0.717) is 0 Å². The number of hydrogen-bond acceptors (Lipinski definition) is 4. The number of carbonyl (C=O) groups excluding carboxylic acids is 2. The number of aromatic nitrogens is 1. The first-order chi connectivity index (χ1) is 12.0. The molecule has 2 aromatic rings. The molecule has 1 aromatic heterocycles. The van der Waals surface area contributed by atoms with Crippen LogP contribution in [-0.2, 0) is 16.0 Å². The zero-order valence-electron chi connectivity index (χ0n) is 13.3. The fraction of sp³-hybridized carbons (Fsp3) is 0.278. The molecule has 0 saturated heterocycles. The van der Waals surface area contributed by atoms with Gasteiger partial charge in [0, 0.05) is 6.20 Å². The number of halogens is 2. The Balaban J connectivity index is 1.57. The third kappa shape index (κ3) is 4.30. The van der Waals surface area contributed by atoms with E-state index in [0.717, 1.165) is 24.8 Å². The third-order valence-electron chi connectivity index (χ3n) is 4.07. The summed E-state index contributed by atoms with van der Waals surface area (Å²) in [6, 6.07) is 9.35. The molecule has 0 aliphatic heterocycles. The van der Waals surface area contributed by atoms with Crippen LogP contribution in [0.4, 0.5) is 0 Å². The lowest BCUT2D eigenvalue weighted by Gasteiger charge is -2.26. The van der Waals surface area contributed by atoms with Crippen molar-refractivity contribution in [3.8, 4) is 0 Å². The largest absolute Gasteiger partial charge is 0.452 e. The minimum Gasteiger partial charge on any atom is -0.452 e. The summed E-state index contributed by atoms with van der Waals surface area (Å²) in [5.41, 5.74) is 2.52. The standard InChI is InChI=1S/C18H16Cl2N2O3/c19-14-8-12(9-21-17(14)20)18(24)25-10-16(23)22-15-7-3-5-11-4-1-2-6-13(11)15/h1-2,4,6,8-9,15H,3,5,7,10H2,(H,22,23)/t15-/m1/s1. The van der Waals surface area contributed by atoms with Crippen molar-refractivity contribution in [3.05, 3.63) is 63.4 Å². The van der Waals surface area contributed by atoms with Gasteiger partial charge in [0.25, 0.3) is 5.91 Å². The van der Waals surface area contributed by atoms with E-state index in [1.165, 1.54) is 17.8 Å². The zero-order chi connectivity index (χ0) is 17.8. The van der Waals surface area contributed by atoms with E-state index >= 15 is 0 Å². The summed E-state index contributed by atoms with van der Waals surface area (Å²) in [6.07, 6.45) is 4.15. The molecule has 25 heavy (non-hydrogen) atoms. The second kappa shape index (κ2) is 7.85. The predicted octanol–water partition coefficient (Wildman–Crippen LogP) is 3.74. The van der Waals surface area contributed by atoms with E-state index in [1.54, 1.807) is 0 Å². The predicted molar refractivity (Wildman–Crippen MR) is 94.8 cm³/mol. The van der Waals surface area contributed by atoms with Crippen LogP contribution in [0.15, 0.2) is 36.5 Å². The number of pyridine rings is 1. The summed E-state index contributed by atoms with van der Waals surface area (Å²) >= 11 is 11.5. The molecular weight excluding hydrogens is 363 g/mol. The van der Waals surface area contributed by atoms with Crippen molar-refractivity contribution in [2.75, 3.05) is 6.61 Å². The van der Waals surface area contributed by atoms with E-state index in [1.807, 2.05) is 18.2 Å². The number of rotatable bonds is 4. The van der Waals surface area contributed by atoms with Crippen LogP contribution >= 0.6 is 23.2 Å². The number of aryl methyl sites for hydroxylation is 1. The minimum absolute atomic E-state index is 0.0530. The van der Waals surface area contributed by atoms with Crippen LogP contribution in [0.1, 0.15) is 40.4 Å². The van der Waals surface area contributed by atoms with Gasteiger partial charge in [0.1, 0.15) is 5.15 Å². The normalized spacial score (nSPS) is 16.0. The fourth-order valence-corrected chi connectivity index (χ4v) is 3.16. The first-order valence-electron chi connectivity index (χ1n) is 7.90. The van der Waals surface area contributed by atoms with Gasteiger partial charge in [0.15, 0.2) is 6.61 Å². The van der Waals surface area contributed by atoms with Gasteiger partial charge in [-0.05, 0) is 36.5 Å². The summed E-state index contributed by atoms with van der Waals surface area (Å²) in [5, 5.41) is 3.18. The van der Waals surface area contributed by atoms with Crippen LogP contribution in [-0.4, -0.2) is 23.5 Å². The molecule has 7 heteroatoms. The average Bonchev–Trinajstić information content (AvgIpc) is 2.62. The molecule has 3 rings (SSSR count). The molecule has 130 valence electrons. The molecule has 5 nitrogen and oxygen atoms in total.